The van der Waals surface area contributed by atoms with Gasteiger partial charge in [0.25, 0.3) is 0 Å². The van der Waals surface area contributed by atoms with Gasteiger partial charge in [0.1, 0.15) is 0 Å². The number of allylic oxidation sites excluding steroid dienone is 2. The van der Waals surface area contributed by atoms with Crippen LogP contribution >= 0.6 is 0 Å². The minimum Gasteiger partial charge on any atom is -0.371 e. The van der Waals surface area contributed by atoms with Crippen molar-refractivity contribution in [2.24, 2.45) is 7.05 Å². The molecule has 0 unspecified atom stereocenters. The third-order valence-electron chi connectivity index (χ3n) is 5.64. The summed E-state index contributed by atoms with van der Waals surface area (Å²) in [6, 6.07) is 16.2. The molecule has 0 N–H and O–H groups in total. The van der Waals surface area contributed by atoms with E-state index in [2.05, 4.69) is 49.0 Å². The third kappa shape index (κ3) is 7.02. The van der Waals surface area contributed by atoms with Crippen molar-refractivity contribution in [2.75, 3.05) is 38.6 Å². The predicted octanol–water partition coefficient (Wildman–Crippen LogP) is 4.82. The number of rotatable bonds is 11. The minimum absolute atomic E-state index is 0.133. The van der Waals surface area contributed by atoms with Crippen LogP contribution in [0, 0.1) is 0 Å². The van der Waals surface area contributed by atoms with Gasteiger partial charge in [0.05, 0.1) is 6.42 Å². The van der Waals surface area contributed by atoms with Crippen molar-refractivity contribution < 1.29 is 9.59 Å². The van der Waals surface area contributed by atoms with E-state index in [1.807, 2.05) is 48.1 Å². The standard InChI is InChI=1S/C28H33N3O2/c1-5-31(19-18-29(2)3)25-12-7-22(8-13-25)9-14-26(32)21-27(33)15-10-23-6-11-24-16-17-30(4)28(24)20-23/h6-17,20H,5,18-19,21H2,1-4H3/b14-9+,15-10+. The Kier molecular flexibility index (Phi) is 8.39. The van der Waals surface area contributed by atoms with Crippen molar-refractivity contribution >= 4 is 40.3 Å². The number of fused-ring (bicyclic) bond motifs is 1. The van der Waals surface area contributed by atoms with Crippen molar-refractivity contribution in [3.8, 4) is 0 Å². The number of anilines is 1. The summed E-state index contributed by atoms with van der Waals surface area (Å²) in [4.78, 5) is 28.9. The first-order valence-electron chi connectivity index (χ1n) is 11.3. The number of carbonyl (C=O) groups excluding carboxylic acids is 2. The summed E-state index contributed by atoms with van der Waals surface area (Å²) in [5.41, 5.74) is 4.15. The molecule has 0 radical (unpaired) electrons. The maximum absolute atomic E-state index is 12.2. The summed E-state index contributed by atoms with van der Waals surface area (Å²) in [7, 11) is 6.13. The van der Waals surface area contributed by atoms with Crippen molar-refractivity contribution in [2.45, 2.75) is 13.3 Å². The van der Waals surface area contributed by atoms with E-state index < -0.39 is 0 Å². The zero-order chi connectivity index (χ0) is 23.8. The van der Waals surface area contributed by atoms with E-state index in [4.69, 9.17) is 0 Å². The molecule has 0 aliphatic rings. The Bertz CT molecular complexity index is 1150. The zero-order valence-electron chi connectivity index (χ0n) is 20.0. The average molecular weight is 444 g/mol. The fourth-order valence-electron chi connectivity index (χ4n) is 3.64. The van der Waals surface area contributed by atoms with Crippen LogP contribution in [0.5, 0.6) is 0 Å². The first-order chi connectivity index (χ1) is 15.9. The molecule has 0 aliphatic heterocycles. The first kappa shape index (κ1) is 24.2. The lowest BCUT2D eigenvalue weighted by Crippen LogP contribution is -2.31. The van der Waals surface area contributed by atoms with Crippen LogP contribution in [0.25, 0.3) is 23.1 Å². The van der Waals surface area contributed by atoms with E-state index >= 15 is 0 Å². The second-order valence-corrected chi connectivity index (χ2v) is 8.50. The van der Waals surface area contributed by atoms with Gasteiger partial charge in [-0.1, -0.05) is 36.4 Å². The van der Waals surface area contributed by atoms with Crippen molar-refractivity contribution in [1.82, 2.24) is 9.47 Å². The molecule has 0 aliphatic carbocycles. The summed E-state index contributed by atoms with van der Waals surface area (Å²) < 4.78 is 2.04. The quantitative estimate of drug-likeness (QED) is 0.315. The molecular formula is C28H33N3O2. The van der Waals surface area contributed by atoms with E-state index in [0.29, 0.717) is 0 Å². The molecule has 1 heterocycles. The summed E-state index contributed by atoms with van der Waals surface area (Å²) in [6.45, 7) is 5.04. The highest BCUT2D eigenvalue weighted by Crippen LogP contribution is 2.18. The van der Waals surface area contributed by atoms with E-state index in [1.54, 1.807) is 12.2 Å². The molecule has 1 aromatic heterocycles. The lowest BCUT2D eigenvalue weighted by Gasteiger charge is -2.25. The highest BCUT2D eigenvalue weighted by molar-refractivity contribution is 6.11. The van der Waals surface area contributed by atoms with Crippen LogP contribution in [0.4, 0.5) is 5.69 Å². The Morgan fingerprint density at radius 3 is 2.15 bits per heavy atom. The molecule has 5 heteroatoms. The van der Waals surface area contributed by atoms with Crippen LogP contribution in [0.2, 0.25) is 0 Å². The number of ketones is 2. The molecule has 0 spiro atoms. The molecule has 0 amide bonds. The van der Waals surface area contributed by atoms with Gasteiger partial charge in [0, 0.05) is 44.1 Å². The van der Waals surface area contributed by atoms with Gasteiger partial charge in [-0.25, -0.2) is 0 Å². The van der Waals surface area contributed by atoms with E-state index in [0.717, 1.165) is 47.4 Å². The van der Waals surface area contributed by atoms with Gasteiger partial charge in [0.2, 0.25) is 0 Å². The molecule has 3 rings (SSSR count). The normalized spacial score (nSPS) is 11.8. The molecule has 2 aromatic carbocycles. The molecule has 3 aromatic rings. The smallest absolute Gasteiger partial charge is 0.163 e. The number of hydrogen-bond acceptors (Lipinski definition) is 4. The molecule has 0 saturated carbocycles. The highest BCUT2D eigenvalue weighted by Gasteiger charge is 2.06. The van der Waals surface area contributed by atoms with Gasteiger partial charge in [0.15, 0.2) is 11.6 Å². The molecule has 33 heavy (non-hydrogen) atoms. The van der Waals surface area contributed by atoms with Crippen LogP contribution in [0.1, 0.15) is 24.5 Å². The Balaban J connectivity index is 1.53. The van der Waals surface area contributed by atoms with E-state index in [1.165, 1.54) is 12.2 Å². The second kappa shape index (κ2) is 11.4. The number of carbonyl (C=O) groups is 2. The number of aryl methyl sites for hydroxylation is 1. The average Bonchev–Trinajstić information content (AvgIpc) is 3.17. The van der Waals surface area contributed by atoms with Crippen LogP contribution < -0.4 is 4.90 Å². The topological polar surface area (TPSA) is 45.6 Å². The fraction of sp³-hybridized carbons (Fsp3) is 0.286. The van der Waals surface area contributed by atoms with Gasteiger partial charge < -0.3 is 14.4 Å². The molecule has 0 saturated heterocycles. The van der Waals surface area contributed by atoms with Crippen LogP contribution in [-0.2, 0) is 16.6 Å². The highest BCUT2D eigenvalue weighted by atomic mass is 16.1. The Hall–Kier alpha value is -3.44. The third-order valence-corrected chi connectivity index (χ3v) is 5.64. The number of nitrogens with zero attached hydrogens (tertiary/aromatic N) is 3. The summed E-state index contributed by atoms with van der Waals surface area (Å²) in [5.74, 6) is -0.403. The Morgan fingerprint density at radius 2 is 1.52 bits per heavy atom. The van der Waals surface area contributed by atoms with Crippen molar-refractivity contribution in [1.29, 1.82) is 0 Å². The molecule has 0 atom stereocenters. The Labute approximate surface area is 196 Å². The molecule has 172 valence electrons. The number of aromatic nitrogens is 1. The minimum atomic E-state index is -0.202. The summed E-state index contributed by atoms with van der Waals surface area (Å²) >= 11 is 0. The van der Waals surface area contributed by atoms with Crippen LogP contribution in [0.15, 0.2) is 66.9 Å². The lowest BCUT2D eigenvalue weighted by molar-refractivity contribution is -0.121. The molecule has 0 fully saturated rings. The van der Waals surface area contributed by atoms with Gasteiger partial charge in [-0.15, -0.1) is 0 Å². The lowest BCUT2D eigenvalue weighted by atomic mass is 10.1. The molecule has 5 nitrogen and oxygen atoms in total. The second-order valence-electron chi connectivity index (χ2n) is 8.50. The SMILES string of the molecule is CCN(CCN(C)C)c1ccc(/C=C/C(=O)CC(=O)/C=C/c2ccc3ccn(C)c3c2)cc1. The number of likely N-dealkylation sites (N-methyl/N-ethyl adjacent to an activating group) is 2. The van der Waals surface area contributed by atoms with Gasteiger partial charge >= 0.3 is 0 Å². The molecular weight excluding hydrogens is 410 g/mol. The van der Waals surface area contributed by atoms with Crippen molar-refractivity contribution in [3.05, 3.63) is 78.0 Å². The zero-order valence-corrected chi connectivity index (χ0v) is 20.0. The van der Waals surface area contributed by atoms with Gasteiger partial charge in [-0.05, 0) is 73.9 Å². The van der Waals surface area contributed by atoms with Crippen LogP contribution in [-0.4, -0.2) is 54.8 Å². The number of benzene rings is 2. The first-order valence-corrected chi connectivity index (χ1v) is 11.3. The van der Waals surface area contributed by atoms with E-state index in [-0.39, 0.29) is 18.0 Å². The largest absolute Gasteiger partial charge is 0.371 e. The maximum Gasteiger partial charge on any atom is 0.163 e. The monoisotopic (exact) mass is 443 g/mol. The summed E-state index contributed by atoms with van der Waals surface area (Å²) in [5, 5.41) is 1.16. The summed E-state index contributed by atoms with van der Waals surface area (Å²) in [6.07, 6.45) is 8.37. The van der Waals surface area contributed by atoms with Gasteiger partial charge in [-0.3, -0.25) is 9.59 Å². The van der Waals surface area contributed by atoms with Crippen LogP contribution in [0.3, 0.4) is 0 Å². The predicted molar refractivity (Wildman–Crippen MR) is 139 cm³/mol. The van der Waals surface area contributed by atoms with Gasteiger partial charge in [-0.2, -0.15) is 0 Å². The Morgan fingerprint density at radius 1 is 0.879 bits per heavy atom. The maximum atomic E-state index is 12.2. The fourth-order valence-corrected chi connectivity index (χ4v) is 3.64. The molecule has 0 bridgehead atoms. The van der Waals surface area contributed by atoms with E-state index in [9.17, 15) is 9.59 Å². The van der Waals surface area contributed by atoms with Crippen molar-refractivity contribution in [3.63, 3.8) is 0 Å². The number of hydrogen-bond donors (Lipinski definition) is 0.